The lowest BCUT2D eigenvalue weighted by atomic mass is 10.1. The summed E-state index contributed by atoms with van der Waals surface area (Å²) >= 11 is 0. The maximum absolute atomic E-state index is 14.1. The van der Waals surface area contributed by atoms with Crippen LogP contribution in [0, 0.1) is 13.8 Å². The topological polar surface area (TPSA) is 210 Å². The van der Waals surface area contributed by atoms with Gasteiger partial charge in [-0.3, -0.25) is 14.4 Å². The molecule has 5 N–H and O–H groups in total. The van der Waals surface area contributed by atoms with E-state index in [9.17, 15) is 14.4 Å². The van der Waals surface area contributed by atoms with Crippen molar-refractivity contribution in [1.82, 2.24) is 53.9 Å². The van der Waals surface area contributed by atoms with Gasteiger partial charge in [-0.15, -0.1) is 0 Å². The number of ether oxygens (including phenoxy) is 1. The third-order valence-electron chi connectivity index (χ3n) is 9.72. The minimum atomic E-state index is -0.638. The molecule has 7 rings (SSSR count). The van der Waals surface area contributed by atoms with Gasteiger partial charge in [0.2, 0.25) is 17.6 Å². The first kappa shape index (κ1) is 38.9. The molecule has 1 aliphatic heterocycles. The van der Waals surface area contributed by atoms with E-state index in [2.05, 4.69) is 41.0 Å². The first-order valence-corrected chi connectivity index (χ1v) is 19.2. The number of anilines is 2. The summed E-state index contributed by atoms with van der Waals surface area (Å²) < 4.78 is 13.3. The third kappa shape index (κ3) is 8.56. The summed E-state index contributed by atoms with van der Waals surface area (Å²) in [5.41, 5.74) is 9.54. The van der Waals surface area contributed by atoms with E-state index in [0.717, 1.165) is 50.5 Å². The molecule has 0 saturated carbocycles. The molecule has 1 saturated heterocycles. The number of allylic oxidation sites excluding steroid dienone is 2. The lowest BCUT2D eigenvalue weighted by Gasteiger charge is -2.27. The number of imidazole rings is 2. The molecule has 18 nitrogen and oxygen atoms in total. The minimum absolute atomic E-state index is 0.0982. The van der Waals surface area contributed by atoms with E-state index in [1.807, 2.05) is 45.9 Å². The molecular weight excluding hydrogens is 729 g/mol. The van der Waals surface area contributed by atoms with Crippen molar-refractivity contribution in [2.75, 3.05) is 50.0 Å². The van der Waals surface area contributed by atoms with Crippen LogP contribution in [0.4, 0.5) is 11.6 Å². The maximum atomic E-state index is 14.1. The molecule has 3 amide bonds. The molecule has 0 spiro atoms. The van der Waals surface area contributed by atoms with Crippen LogP contribution in [0.2, 0.25) is 0 Å². The number of aryl methyl sites for hydroxylation is 4. The average Bonchev–Trinajstić information content (AvgIpc) is 3.97. The third-order valence-corrected chi connectivity index (χ3v) is 9.72. The standard InChI is InChI=1S/C39H48N14O4/c1-5-52-31(21-25(3)47-52)45-38(55)36-44-29-23-27(34(40)54)24-30(57-20-10-15-49-18-13-41-14-19-49)33(29)50(36)16-7-8-17-51-35-28(11-9-12-42-35)43-37(51)39(56)46-32-22-26(4)48-53(32)6-2/h7-9,11-12,21-24,41H,5-6,10,13-20H2,1-4H3,(H2,40,54)(H,45,55)(H,46,56)/b8-7+. The second-order valence-electron chi connectivity index (χ2n) is 13.8. The lowest BCUT2D eigenvalue weighted by molar-refractivity contribution is 0.0994. The maximum Gasteiger partial charge on any atom is 0.292 e. The predicted octanol–water partition coefficient (Wildman–Crippen LogP) is 3.36. The van der Waals surface area contributed by atoms with Crippen molar-refractivity contribution in [1.29, 1.82) is 0 Å². The van der Waals surface area contributed by atoms with Gasteiger partial charge in [-0.25, -0.2) is 24.3 Å². The fraction of sp³-hybridized carbons (Fsp3) is 0.385. The number of primary amides is 1. The number of carbonyl (C=O) groups excluding carboxylic acids is 3. The number of hydrogen-bond acceptors (Lipinski definition) is 11. The molecule has 0 unspecified atom stereocenters. The Kier molecular flexibility index (Phi) is 11.7. The molecule has 6 aromatic rings. The number of rotatable bonds is 16. The molecule has 6 heterocycles. The van der Waals surface area contributed by atoms with Crippen LogP contribution in [0.15, 0.2) is 54.7 Å². The second kappa shape index (κ2) is 17.2. The summed E-state index contributed by atoms with van der Waals surface area (Å²) in [5, 5.41) is 18.2. The van der Waals surface area contributed by atoms with Gasteiger partial charge in [-0.1, -0.05) is 12.2 Å². The van der Waals surface area contributed by atoms with Crippen molar-refractivity contribution in [3.05, 3.63) is 83.3 Å². The van der Waals surface area contributed by atoms with Crippen molar-refractivity contribution < 1.29 is 19.1 Å². The van der Waals surface area contributed by atoms with Crippen molar-refractivity contribution in [3.8, 4) is 5.75 Å². The van der Waals surface area contributed by atoms with Crippen LogP contribution in [-0.4, -0.2) is 106 Å². The zero-order valence-electron chi connectivity index (χ0n) is 32.7. The van der Waals surface area contributed by atoms with E-state index in [1.165, 1.54) is 0 Å². The molecular formula is C39H48N14O4. The largest absolute Gasteiger partial charge is 0.491 e. The van der Waals surface area contributed by atoms with Gasteiger partial charge >= 0.3 is 0 Å². The Balaban J connectivity index is 1.21. The van der Waals surface area contributed by atoms with E-state index in [-0.39, 0.29) is 30.3 Å². The molecule has 1 fully saturated rings. The number of nitrogens with two attached hydrogens (primary N) is 1. The van der Waals surface area contributed by atoms with Crippen LogP contribution >= 0.6 is 0 Å². The predicted molar refractivity (Wildman–Crippen MR) is 216 cm³/mol. The SMILES string of the molecule is CCn1nc(C)cc1NC(=O)c1nc2cccnc2n1C/C=C/Cn1c(C(=O)Nc2cc(C)nn2CC)nc2cc(C(N)=O)cc(OCCCN3CCNCC3)c21. The van der Waals surface area contributed by atoms with Crippen LogP contribution in [0.1, 0.15) is 63.3 Å². The Morgan fingerprint density at radius 1 is 0.860 bits per heavy atom. The Bertz CT molecular complexity index is 2450. The zero-order valence-corrected chi connectivity index (χ0v) is 32.7. The van der Waals surface area contributed by atoms with Crippen LogP contribution < -0.4 is 26.4 Å². The van der Waals surface area contributed by atoms with Gasteiger partial charge in [-0.2, -0.15) is 10.2 Å². The lowest BCUT2D eigenvalue weighted by Crippen LogP contribution is -2.43. The molecule has 18 heteroatoms. The highest BCUT2D eigenvalue weighted by atomic mass is 16.5. The number of aromatic nitrogens is 9. The number of amides is 3. The van der Waals surface area contributed by atoms with Crippen molar-refractivity contribution in [2.24, 2.45) is 5.73 Å². The van der Waals surface area contributed by atoms with Crippen LogP contribution in [0.25, 0.3) is 22.2 Å². The molecule has 1 aromatic carbocycles. The average molecular weight is 777 g/mol. The number of nitrogens with zero attached hydrogens (tertiary/aromatic N) is 10. The van der Waals surface area contributed by atoms with Gasteiger partial charge in [-0.05, 0) is 58.4 Å². The Morgan fingerprint density at radius 3 is 2.11 bits per heavy atom. The summed E-state index contributed by atoms with van der Waals surface area (Å²) in [6.45, 7) is 14.3. The van der Waals surface area contributed by atoms with Crippen molar-refractivity contribution in [2.45, 2.75) is 60.3 Å². The summed E-state index contributed by atoms with van der Waals surface area (Å²) in [5.74, 6) is 0.257. The number of carbonyl (C=O) groups is 3. The first-order chi connectivity index (χ1) is 27.6. The van der Waals surface area contributed by atoms with Crippen molar-refractivity contribution in [3.63, 3.8) is 0 Å². The molecule has 5 aromatic heterocycles. The quantitative estimate of drug-likeness (QED) is 0.0827. The highest BCUT2D eigenvalue weighted by Crippen LogP contribution is 2.30. The Morgan fingerprint density at radius 2 is 1.47 bits per heavy atom. The van der Waals surface area contributed by atoms with Gasteiger partial charge in [0, 0.05) is 82.8 Å². The number of piperazine rings is 1. The van der Waals surface area contributed by atoms with Gasteiger partial charge in [0.25, 0.3) is 11.8 Å². The number of benzene rings is 1. The molecule has 0 atom stereocenters. The molecule has 0 bridgehead atoms. The normalized spacial score (nSPS) is 13.5. The van der Waals surface area contributed by atoms with Crippen LogP contribution in [-0.2, 0) is 26.2 Å². The molecule has 0 radical (unpaired) electrons. The van der Waals surface area contributed by atoms with E-state index in [1.54, 1.807) is 55.0 Å². The zero-order chi connectivity index (χ0) is 40.1. The van der Waals surface area contributed by atoms with Crippen LogP contribution in [0.5, 0.6) is 5.75 Å². The smallest absolute Gasteiger partial charge is 0.292 e. The molecule has 1 aliphatic rings. The monoisotopic (exact) mass is 776 g/mol. The minimum Gasteiger partial charge on any atom is -0.491 e. The van der Waals surface area contributed by atoms with E-state index < -0.39 is 17.7 Å². The molecule has 57 heavy (non-hydrogen) atoms. The van der Waals surface area contributed by atoms with E-state index in [0.29, 0.717) is 59.3 Å². The van der Waals surface area contributed by atoms with Crippen LogP contribution in [0.3, 0.4) is 0 Å². The number of pyridine rings is 1. The Labute approximate surface area is 329 Å². The number of fused-ring (bicyclic) bond motifs is 2. The number of hydrogen-bond donors (Lipinski definition) is 4. The highest BCUT2D eigenvalue weighted by Gasteiger charge is 2.24. The summed E-state index contributed by atoms with van der Waals surface area (Å²) in [6, 6.07) is 10.4. The first-order valence-electron chi connectivity index (χ1n) is 19.2. The van der Waals surface area contributed by atoms with Gasteiger partial charge in [0.05, 0.1) is 23.5 Å². The fourth-order valence-electron chi connectivity index (χ4n) is 7.02. The van der Waals surface area contributed by atoms with Gasteiger partial charge < -0.3 is 40.5 Å². The molecule has 0 aliphatic carbocycles. The van der Waals surface area contributed by atoms with Gasteiger partial charge in [0.1, 0.15) is 28.4 Å². The Hall–Kier alpha value is -6.40. The highest BCUT2D eigenvalue weighted by molar-refractivity contribution is 6.05. The summed E-state index contributed by atoms with van der Waals surface area (Å²) in [7, 11) is 0. The van der Waals surface area contributed by atoms with E-state index in [4.69, 9.17) is 15.5 Å². The fourth-order valence-corrected chi connectivity index (χ4v) is 7.02. The summed E-state index contributed by atoms with van der Waals surface area (Å²) in [4.78, 5) is 56.5. The van der Waals surface area contributed by atoms with E-state index >= 15 is 0 Å². The second-order valence-corrected chi connectivity index (χ2v) is 13.8. The van der Waals surface area contributed by atoms with Gasteiger partial charge in [0.15, 0.2) is 5.65 Å². The summed E-state index contributed by atoms with van der Waals surface area (Å²) in [6.07, 6.45) is 6.16. The number of nitrogens with one attached hydrogen (secondary N) is 3. The molecule has 298 valence electrons. The van der Waals surface area contributed by atoms with Crippen molar-refractivity contribution >= 4 is 51.6 Å².